The summed E-state index contributed by atoms with van der Waals surface area (Å²) in [6.07, 6.45) is 1.76. The maximum absolute atomic E-state index is 12.5. The highest BCUT2D eigenvalue weighted by Crippen LogP contribution is 2.33. The molecule has 1 aromatic carbocycles. The standard InChI is InChI=1S/C13H16BrN3OS2/c1-13(2,3)17-20(18)11-6-8(15)4-5-9(11)10-7-16-12(14)19-10/h4-7,17H,15H2,1-3H3. The highest BCUT2D eigenvalue weighted by Gasteiger charge is 2.19. The molecular formula is C13H16BrN3OS2. The third-order valence-corrected chi connectivity index (χ3v) is 5.39. The summed E-state index contributed by atoms with van der Waals surface area (Å²) < 4.78 is 16.4. The molecule has 0 saturated carbocycles. The van der Waals surface area contributed by atoms with Crippen LogP contribution in [0.4, 0.5) is 5.69 Å². The van der Waals surface area contributed by atoms with Crippen LogP contribution in [0, 0.1) is 0 Å². The molecule has 20 heavy (non-hydrogen) atoms. The van der Waals surface area contributed by atoms with E-state index in [0.717, 1.165) is 14.4 Å². The van der Waals surface area contributed by atoms with Gasteiger partial charge in [-0.3, -0.25) is 0 Å². The number of nitrogens with two attached hydrogens (primary N) is 1. The number of rotatable bonds is 3. The van der Waals surface area contributed by atoms with Gasteiger partial charge < -0.3 is 5.73 Å². The molecule has 2 rings (SSSR count). The summed E-state index contributed by atoms with van der Waals surface area (Å²) in [5.74, 6) is 0. The monoisotopic (exact) mass is 373 g/mol. The van der Waals surface area contributed by atoms with E-state index in [1.165, 1.54) is 11.3 Å². The second kappa shape index (κ2) is 5.93. The first-order valence-electron chi connectivity index (χ1n) is 5.97. The largest absolute Gasteiger partial charge is 0.399 e. The number of thiazole rings is 1. The third kappa shape index (κ3) is 3.88. The van der Waals surface area contributed by atoms with Crippen LogP contribution in [0.1, 0.15) is 20.8 Å². The highest BCUT2D eigenvalue weighted by molar-refractivity contribution is 9.11. The van der Waals surface area contributed by atoms with Gasteiger partial charge in [0.2, 0.25) is 0 Å². The van der Waals surface area contributed by atoms with Crippen molar-refractivity contribution in [2.75, 3.05) is 5.73 Å². The van der Waals surface area contributed by atoms with Crippen LogP contribution in [0.15, 0.2) is 33.2 Å². The van der Waals surface area contributed by atoms with Gasteiger partial charge in [0.05, 0.1) is 9.77 Å². The Kier molecular flexibility index (Phi) is 4.63. The number of halogens is 1. The molecule has 0 aliphatic heterocycles. The maximum Gasteiger partial charge on any atom is 0.159 e. The Bertz CT molecular complexity index is 649. The van der Waals surface area contributed by atoms with Gasteiger partial charge in [0.25, 0.3) is 0 Å². The van der Waals surface area contributed by atoms with Crippen molar-refractivity contribution in [3.8, 4) is 10.4 Å². The Morgan fingerprint density at radius 1 is 1.40 bits per heavy atom. The molecule has 0 bridgehead atoms. The zero-order chi connectivity index (χ0) is 14.9. The highest BCUT2D eigenvalue weighted by atomic mass is 79.9. The first-order chi connectivity index (χ1) is 9.26. The van der Waals surface area contributed by atoms with Crippen LogP contribution in [0.25, 0.3) is 10.4 Å². The average Bonchev–Trinajstić information content (AvgIpc) is 2.73. The molecule has 0 amide bonds. The van der Waals surface area contributed by atoms with E-state index < -0.39 is 11.0 Å². The van der Waals surface area contributed by atoms with E-state index in [4.69, 9.17) is 5.73 Å². The first kappa shape index (κ1) is 15.6. The minimum atomic E-state index is -1.33. The number of nitrogens with zero attached hydrogens (tertiary/aromatic N) is 1. The minimum absolute atomic E-state index is 0.249. The van der Waals surface area contributed by atoms with Crippen molar-refractivity contribution < 1.29 is 4.21 Å². The van der Waals surface area contributed by atoms with Crippen molar-refractivity contribution in [1.82, 2.24) is 9.71 Å². The molecule has 108 valence electrons. The maximum atomic E-state index is 12.5. The lowest BCUT2D eigenvalue weighted by Crippen LogP contribution is -2.37. The summed E-state index contributed by atoms with van der Waals surface area (Å²) in [5, 5.41) is 0. The van der Waals surface area contributed by atoms with E-state index in [1.54, 1.807) is 18.3 Å². The van der Waals surface area contributed by atoms with Gasteiger partial charge in [0.1, 0.15) is 11.0 Å². The van der Waals surface area contributed by atoms with Crippen LogP contribution in [0.5, 0.6) is 0 Å². The molecule has 7 heteroatoms. The Hall–Kier alpha value is -0.760. The van der Waals surface area contributed by atoms with E-state index in [-0.39, 0.29) is 5.54 Å². The van der Waals surface area contributed by atoms with Gasteiger partial charge in [-0.2, -0.15) is 0 Å². The summed E-state index contributed by atoms with van der Waals surface area (Å²) in [5.41, 5.74) is 7.06. The molecule has 0 aliphatic rings. The Morgan fingerprint density at radius 3 is 2.65 bits per heavy atom. The van der Waals surface area contributed by atoms with Crippen LogP contribution < -0.4 is 10.5 Å². The molecule has 1 atom stereocenters. The molecule has 4 nitrogen and oxygen atoms in total. The number of nitrogen functional groups attached to an aromatic ring is 1. The SMILES string of the molecule is CC(C)(C)NS(=O)c1cc(N)ccc1-c1cnc(Br)s1. The lowest BCUT2D eigenvalue weighted by molar-refractivity contribution is 0.520. The smallest absolute Gasteiger partial charge is 0.159 e. The van der Waals surface area contributed by atoms with Gasteiger partial charge in [-0.05, 0) is 48.8 Å². The lowest BCUT2D eigenvalue weighted by atomic mass is 10.1. The molecular weight excluding hydrogens is 358 g/mol. The number of hydrogen-bond donors (Lipinski definition) is 2. The van der Waals surface area contributed by atoms with Crippen molar-refractivity contribution in [2.45, 2.75) is 31.2 Å². The Labute approximate surface area is 133 Å². The summed E-state index contributed by atoms with van der Waals surface area (Å²) in [6, 6.07) is 5.44. The van der Waals surface area contributed by atoms with Crippen molar-refractivity contribution >= 4 is 43.9 Å². The van der Waals surface area contributed by atoms with Crippen molar-refractivity contribution in [2.24, 2.45) is 0 Å². The minimum Gasteiger partial charge on any atom is -0.399 e. The molecule has 0 fully saturated rings. The third-order valence-electron chi connectivity index (χ3n) is 2.35. The number of hydrogen-bond acceptors (Lipinski definition) is 4. The molecule has 1 aromatic heterocycles. The number of nitrogens with one attached hydrogen (secondary N) is 1. The predicted octanol–water partition coefficient (Wildman–Crippen LogP) is 3.57. The van der Waals surface area contributed by atoms with Gasteiger partial charge in [-0.15, -0.1) is 11.3 Å². The fraction of sp³-hybridized carbons (Fsp3) is 0.308. The quantitative estimate of drug-likeness (QED) is 0.808. The topological polar surface area (TPSA) is 68.0 Å². The second-order valence-corrected chi connectivity index (χ2v) is 8.84. The molecule has 0 radical (unpaired) electrons. The van der Waals surface area contributed by atoms with E-state index in [0.29, 0.717) is 10.6 Å². The zero-order valence-electron chi connectivity index (χ0n) is 11.4. The zero-order valence-corrected chi connectivity index (χ0v) is 14.7. The number of benzene rings is 1. The van der Waals surface area contributed by atoms with Crippen molar-refractivity contribution in [1.29, 1.82) is 0 Å². The molecule has 0 spiro atoms. The van der Waals surface area contributed by atoms with Gasteiger partial charge in [0, 0.05) is 23.0 Å². The molecule has 0 aliphatic carbocycles. The van der Waals surface area contributed by atoms with Crippen LogP contribution in [-0.2, 0) is 11.0 Å². The van der Waals surface area contributed by atoms with Crippen LogP contribution in [-0.4, -0.2) is 14.7 Å². The molecule has 1 heterocycles. The Morgan fingerprint density at radius 2 is 2.10 bits per heavy atom. The van der Waals surface area contributed by atoms with Crippen LogP contribution in [0.3, 0.4) is 0 Å². The molecule has 1 unspecified atom stereocenters. The van der Waals surface area contributed by atoms with Crippen LogP contribution >= 0.6 is 27.3 Å². The fourth-order valence-electron chi connectivity index (χ4n) is 1.61. The Balaban J connectivity index is 2.46. The average molecular weight is 374 g/mol. The molecule has 0 saturated heterocycles. The summed E-state index contributed by atoms with van der Waals surface area (Å²) >= 11 is 4.84. The van der Waals surface area contributed by atoms with Crippen LogP contribution in [0.2, 0.25) is 0 Å². The van der Waals surface area contributed by atoms with E-state index in [9.17, 15) is 4.21 Å². The van der Waals surface area contributed by atoms with Gasteiger partial charge in [0.15, 0.2) is 3.92 Å². The van der Waals surface area contributed by atoms with E-state index in [2.05, 4.69) is 25.6 Å². The summed E-state index contributed by atoms with van der Waals surface area (Å²) in [4.78, 5) is 5.81. The van der Waals surface area contributed by atoms with Gasteiger partial charge in [-0.25, -0.2) is 13.9 Å². The van der Waals surface area contributed by atoms with Crippen molar-refractivity contribution in [3.63, 3.8) is 0 Å². The predicted molar refractivity (Wildman–Crippen MR) is 89.0 cm³/mol. The normalized spacial score (nSPS) is 13.4. The number of aromatic nitrogens is 1. The lowest BCUT2D eigenvalue weighted by Gasteiger charge is -2.20. The molecule has 3 N–H and O–H groups in total. The number of anilines is 1. The van der Waals surface area contributed by atoms with E-state index in [1.807, 2.05) is 26.8 Å². The van der Waals surface area contributed by atoms with Gasteiger partial charge >= 0.3 is 0 Å². The summed E-state index contributed by atoms with van der Waals surface area (Å²) in [7, 11) is -1.33. The molecule has 2 aromatic rings. The van der Waals surface area contributed by atoms with E-state index >= 15 is 0 Å². The van der Waals surface area contributed by atoms with Crippen molar-refractivity contribution in [3.05, 3.63) is 28.3 Å². The summed E-state index contributed by atoms with van der Waals surface area (Å²) in [6.45, 7) is 5.92. The second-order valence-electron chi connectivity index (χ2n) is 5.35. The fourth-order valence-corrected chi connectivity index (χ4v) is 4.26. The first-order valence-corrected chi connectivity index (χ1v) is 8.73. The van der Waals surface area contributed by atoms with Gasteiger partial charge in [-0.1, -0.05) is 6.07 Å².